The largest absolute Gasteiger partial charge is 0.494 e. The van der Waals surface area contributed by atoms with Crippen LogP contribution in [0.4, 0.5) is 0 Å². The number of carbonyl (C=O) groups excluding carboxylic acids is 1. The molecular formula is C20H24ClNO3. The summed E-state index contributed by atoms with van der Waals surface area (Å²) in [6.45, 7) is 3.36. The van der Waals surface area contributed by atoms with E-state index in [2.05, 4.69) is 0 Å². The minimum absolute atomic E-state index is 0.0285. The van der Waals surface area contributed by atoms with Gasteiger partial charge in [-0.15, -0.1) is 0 Å². The Morgan fingerprint density at radius 1 is 0.960 bits per heavy atom. The predicted molar refractivity (Wildman–Crippen MR) is 100 cm³/mol. The summed E-state index contributed by atoms with van der Waals surface area (Å²) in [4.78, 5) is 13.7. The number of unbranched alkanes of at least 4 members (excludes halogenated alkanes) is 1. The molecule has 0 saturated heterocycles. The average molecular weight is 362 g/mol. The SMILES string of the molecule is Cc1ccc(OCC(=O)N(C)CCCCOc2ccc(Cl)cc2)cc1. The van der Waals surface area contributed by atoms with Gasteiger partial charge in [-0.2, -0.15) is 0 Å². The van der Waals surface area contributed by atoms with E-state index < -0.39 is 0 Å². The minimum Gasteiger partial charge on any atom is -0.494 e. The lowest BCUT2D eigenvalue weighted by atomic mass is 10.2. The van der Waals surface area contributed by atoms with Gasteiger partial charge in [0.1, 0.15) is 11.5 Å². The van der Waals surface area contributed by atoms with E-state index in [9.17, 15) is 4.79 Å². The van der Waals surface area contributed by atoms with Crippen LogP contribution in [0.2, 0.25) is 5.02 Å². The number of benzene rings is 2. The van der Waals surface area contributed by atoms with Crippen LogP contribution in [-0.4, -0.2) is 37.6 Å². The van der Waals surface area contributed by atoms with Crippen molar-refractivity contribution in [2.75, 3.05) is 26.8 Å². The molecule has 0 aliphatic carbocycles. The molecule has 0 N–H and O–H groups in total. The van der Waals surface area contributed by atoms with Crippen molar-refractivity contribution in [2.24, 2.45) is 0 Å². The number of carbonyl (C=O) groups is 1. The van der Waals surface area contributed by atoms with E-state index >= 15 is 0 Å². The summed E-state index contributed by atoms with van der Waals surface area (Å²) in [5.74, 6) is 1.49. The Labute approximate surface area is 154 Å². The Kier molecular flexibility index (Phi) is 7.61. The van der Waals surface area contributed by atoms with Crippen LogP contribution in [0.3, 0.4) is 0 Å². The first kappa shape index (κ1) is 19.1. The summed E-state index contributed by atoms with van der Waals surface area (Å²) in [6, 6.07) is 15.0. The summed E-state index contributed by atoms with van der Waals surface area (Å²) < 4.78 is 11.1. The number of rotatable bonds is 9. The molecule has 0 radical (unpaired) electrons. The Morgan fingerprint density at radius 3 is 2.24 bits per heavy atom. The van der Waals surface area contributed by atoms with E-state index in [4.69, 9.17) is 21.1 Å². The second-order valence-corrected chi connectivity index (χ2v) is 6.36. The summed E-state index contributed by atoms with van der Waals surface area (Å²) in [6.07, 6.45) is 1.75. The Hall–Kier alpha value is -2.20. The first-order valence-corrected chi connectivity index (χ1v) is 8.74. The van der Waals surface area contributed by atoms with Crippen molar-refractivity contribution in [3.05, 3.63) is 59.1 Å². The maximum atomic E-state index is 12.1. The van der Waals surface area contributed by atoms with Crippen molar-refractivity contribution in [1.82, 2.24) is 4.90 Å². The van der Waals surface area contributed by atoms with Gasteiger partial charge < -0.3 is 14.4 Å². The van der Waals surface area contributed by atoms with E-state index in [1.54, 1.807) is 24.1 Å². The monoisotopic (exact) mass is 361 g/mol. The molecule has 0 bridgehead atoms. The molecule has 2 aromatic rings. The number of likely N-dealkylation sites (N-methyl/N-ethyl adjacent to an activating group) is 1. The van der Waals surface area contributed by atoms with Crippen LogP contribution in [0.15, 0.2) is 48.5 Å². The van der Waals surface area contributed by atoms with Gasteiger partial charge >= 0.3 is 0 Å². The van der Waals surface area contributed by atoms with Gasteiger partial charge in [0.05, 0.1) is 6.61 Å². The molecule has 134 valence electrons. The average Bonchev–Trinajstić information content (AvgIpc) is 2.62. The van der Waals surface area contributed by atoms with Crippen molar-refractivity contribution in [3.8, 4) is 11.5 Å². The predicted octanol–water partition coefficient (Wildman–Crippen LogP) is 4.34. The highest BCUT2D eigenvalue weighted by Gasteiger charge is 2.09. The summed E-state index contributed by atoms with van der Waals surface area (Å²) >= 11 is 5.83. The van der Waals surface area contributed by atoms with Crippen molar-refractivity contribution in [2.45, 2.75) is 19.8 Å². The molecule has 4 nitrogen and oxygen atoms in total. The minimum atomic E-state index is -0.0285. The number of nitrogens with zero attached hydrogens (tertiary/aromatic N) is 1. The first-order chi connectivity index (χ1) is 12.0. The van der Waals surface area contributed by atoms with Gasteiger partial charge in [0.15, 0.2) is 6.61 Å². The van der Waals surface area contributed by atoms with Gasteiger partial charge in [-0.05, 0) is 56.2 Å². The Balaban J connectivity index is 1.59. The molecule has 0 heterocycles. The number of hydrogen-bond donors (Lipinski definition) is 0. The number of amides is 1. The first-order valence-electron chi connectivity index (χ1n) is 8.36. The van der Waals surface area contributed by atoms with Crippen molar-refractivity contribution in [3.63, 3.8) is 0 Å². The molecule has 0 spiro atoms. The molecule has 0 aliphatic heterocycles. The molecule has 0 atom stereocenters. The highest BCUT2D eigenvalue weighted by Crippen LogP contribution is 2.15. The van der Waals surface area contributed by atoms with E-state index in [0.29, 0.717) is 23.9 Å². The molecule has 0 fully saturated rings. The second kappa shape index (κ2) is 9.94. The molecule has 0 unspecified atom stereocenters. The smallest absolute Gasteiger partial charge is 0.260 e. The van der Waals surface area contributed by atoms with Crippen LogP contribution in [-0.2, 0) is 4.79 Å². The third kappa shape index (κ3) is 7.06. The van der Waals surface area contributed by atoms with E-state index in [0.717, 1.165) is 24.2 Å². The second-order valence-electron chi connectivity index (χ2n) is 5.93. The lowest BCUT2D eigenvalue weighted by Crippen LogP contribution is -2.32. The van der Waals surface area contributed by atoms with E-state index in [1.807, 2.05) is 43.3 Å². The topological polar surface area (TPSA) is 38.8 Å². The third-order valence-electron chi connectivity index (χ3n) is 3.78. The van der Waals surface area contributed by atoms with Crippen LogP contribution >= 0.6 is 11.6 Å². The van der Waals surface area contributed by atoms with Gasteiger partial charge in [-0.3, -0.25) is 4.79 Å². The summed E-state index contributed by atoms with van der Waals surface area (Å²) in [5, 5.41) is 0.695. The zero-order valence-corrected chi connectivity index (χ0v) is 15.5. The highest BCUT2D eigenvalue weighted by atomic mass is 35.5. The zero-order chi connectivity index (χ0) is 18.1. The standard InChI is InChI=1S/C20H24ClNO3/c1-16-5-9-19(10-6-16)25-15-20(23)22(2)13-3-4-14-24-18-11-7-17(21)8-12-18/h5-12H,3-4,13-15H2,1-2H3. The molecule has 2 rings (SSSR count). The highest BCUT2D eigenvalue weighted by molar-refractivity contribution is 6.30. The molecule has 25 heavy (non-hydrogen) atoms. The molecule has 1 amide bonds. The fourth-order valence-electron chi connectivity index (χ4n) is 2.19. The maximum Gasteiger partial charge on any atom is 0.260 e. The zero-order valence-electron chi connectivity index (χ0n) is 14.7. The number of ether oxygens (including phenoxy) is 2. The van der Waals surface area contributed by atoms with E-state index in [-0.39, 0.29) is 12.5 Å². The quantitative estimate of drug-likeness (QED) is 0.623. The van der Waals surface area contributed by atoms with Crippen LogP contribution in [0.5, 0.6) is 11.5 Å². The van der Waals surface area contributed by atoms with Crippen molar-refractivity contribution in [1.29, 1.82) is 0 Å². The lowest BCUT2D eigenvalue weighted by molar-refractivity contribution is -0.132. The fourth-order valence-corrected chi connectivity index (χ4v) is 2.31. The van der Waals surface area contributed by atoms with Gasteiger partial charge in [0, 0.05) is 18.6 Å². The van der Waals surface area contributed by atoms with Gasteiger partial charge in [-0.1, -0.05) is 29.3 Å². The van der Waals surface area contributed by atoms with Crippen molar-refractivity contribution < 1.29 is 14.3 Å². The maximum absolute atomic E-state index is 12.1. The van der Waals surface area contributed by atoms with Crippen LogP contribution < -0.4 is 9.47 Å². The fraction of sp³-hybridized carbons (Fsp3) is 0.350. The van der Waals surface area contributed by atoms with Gasteiger partial charge in [0.25, 0.3) is 5.91 Å². The lowest BCUT2D eigenvalue weighted by Gasteiger charge is -2.17. The molecule has 0 saturated carbocycles. The molecule has 0 aliphatic rings. The molecular weight excluding hydrogens is 338 g/mol. The van der Waals surface area contributed by atoms with Gasteiger partial charge in [0.2, 0.25) is 0 Å². The molecule has 5 heteroatoms. The van der Waals surface area contributed by atoms with Crippen molar-refractivity contribution >= 4 is 17.5 Å². The number of hydrogen-bond acceptors (Lipinski definition) is 3. The third-order valence-corrected chi connectivity index (χ3v) is 4.03. The Bertz CT molecular complexity index is 656. The van der Waals surface area contributed by atoms with Crippen LogP contribution in [0.1, 0.15) is 18.4 Å². The number of halogens is 1. The van der Waals surface area contributed by atoms with E-state index in [1.165, 1.54) is 0 Å². The van der Waals surface area contributed by atoms with Gasteiger partial charge in [-0.25, -0.2) is 0 Å². The molecule has 2 aromatic carbocycles. The van der Waals surface area contributed by atoms with Crippen LogP contribution in [0.25, 0.3) is 0 Å². The normalized spacial score (nSPS) is 10.4. The Morgan fingerprint density at radius 2 is 1.56 bits per heavy atom. The number of aryl methyl sites for hydroxylation is 1. The van der Waals surface area contributed by atoms with Crippen LogP contribution in [0, 0.1) is 6.92 Å². The molecule has 0 aromatic heterocycles. The summed E-state index contributed by atoms with van der Waals surface area (Å²) in [5.41, 5.74) is 1.16. The summed E-state index contributed by atoms with van der Waals surface area (Å²) in [7, 11) is 1.79.